The molecular formula is C7H10O7. The van der Waals surface area contributed by atoms with Crippen molar-refractivity contribution in [3.8, 4) is 0 Å². The lowest BCUT2D eigenvalue weighted by Gasteiger charge is -1.88. The van der Waals surface area contributed by atoms with Gasteiger partial charge in [-0.25, -0.2) is 4.79 Å². The summed E-state index contributed by atoms with van der Waals surface area (Å²) in [6.45, 7) is -0.361. The lowest BCUT2D eigenvalue weighted by molar-refractivity contribution is -0.149. The van der Waals surface area contributed by atoms with Crippen LogP contribution in [0.15, 0.2) is 0 Å². The van der Waals surface area contributed by atoms with Gasteiger partial charge in [-0.15, -0.1) is 0 Å². The SMILES string of the molecule is O=C(O)CCC(=O)C(=O)O.O=CCO. The predicted octanol–water partition coefficient (Wildman–Crippen LogP) is -1.32. The van der Waals surface area contributed by atoms with Crippen LogP contribution in [0.4, 0.5) is 0 Å². The Hall–Kier alpha value is -1.76. The third kappa shape index (κ3) is 12.9. The van der Waals surface area contributed by atoms with Gasteiger partial charge in [-0.05, 0) is 0 Å². The number of aliphatic carboxylic acids is 2. The van der Waals surface area contributed by atoms with Gasteiger partial charge in [0.2, 0.25) is 5.78 Å². The van der Waals surface area contributed by atoms with Gasteiger partial charge in [0.15, 0.2) is 0 Å². The quantitative estimate of drug-likeness (QED) is 0.375. The zero-order valence-electron chi connectivity index (χ0n) is 7.17. The van der Waals surface area contributed by atoms with Crippen molar-refractivity contribution in [2.75, 3.05) is 6.61 Å². The van der Waals surface area contributed by atoms with Gasteiger partial charge in [-0.1, -0.05) is 0 Å². The second-order valence-corrected chi connectivity index (χ2v) is 1.97. The topological polar surface area (TPSA) is 129 Å². The van der Waals surface area contributed by atoms with Gasteiger partial charge in [0.25, 0.3) is 0 Å². The van der Waals surface area contributed by atoms with E-state index >= 15 is 0 Å². The van der Waals surface area contributed by atoms with Crippen molar-refractivity contribution in [3.05, 3.63) is 0 Å². The number of hydrogen-bond donors (Lipinski definition) is 3. The first-order valence-electron chi connectivity index (χ1n) is 3.48. The number of rotatable bonds is 5. The minimum absolute atomic E-state index is 0.361. The highest BCUT2D eigenvalue weighted by Gasteiger charge is 2.12. The van der Waals surface area contributed by atoms with Gasteiger partial charge in [0, 0.05) is 6.42 Å². The van der Waals surface area contributed by atoms with E-state index in [0.717, 1.165) is 0 Å². The minimum Gasteiger partial charge on any atom is -0.481 e. The zero-order valence-corrected chi connectivity index (χ0v) is 7.17. The summed E-state index contributed by atoms with van der Waals surface area (Å²) in [5.41, 5.74) is 0. The molecule has 0 amide bonds. The number of aliphatic hydroxyl groups is 1. The van der Waals surface area contributed by atoms with Crippen LogP contribution in [-0.2, 0) is 19.2 Å². The Morgan fingerprint density at radius 2 is 1.50 bits per heavy atom. The maximum Gasteiger partial charge on any atom is 0.372 e. The second-order valence-electron chi connectivity index (χ2n) is 1.97. The molecule has 7 nitrogen and oxygen atoms in total. The molecule has 0 aliphatic carbocycles. The predicted molar refractivity (Wildman–Crippen MR) is 42.7 cm³/mol. The molecule has 0 aromatic carbocycles. The molecule has 0 bridgehead atoms. The number of aldehydes is 1. The van der Waals surface area contributed by atoms with Crippen molar-refractivity contribution >= 4 is 24.0 Å². The summed E-state index contributed by atoms with van der Waals surface area (Å²) in [7, 11) is 0. The highest BCUT2D eigenvalue weighted by atomic mass is 16.4. The summed E-state index contributed by atoms with van der Waals surface area (Å²) >= 11 is 0. The summed E-state index contributed by atoms with van der Waals surface area (Å²) in [5, 5.41) is 23.5. The molecule has 0 radical (unpaired) electrons. The van der Waals surface area contributed by atoms with Crippen LogP contribution < -0.4 is 0 Å². The largest absolute Gasteiger partial charge is 0.481 e. The van der Waals surface area contributed by atoms with E-state index in [-0.39, 0.29) is 6.61 Å². The summed E-state index contributed by atoms with van der Waals surface area (Å²) < 4.78 is 0. The van der Waals surface area contributed by atoms with Gasteiger partial charge in [0.05, 0.1) is 13.0 Å². The van der Waals surface area contributed by atoms with Crippen molar-refractivity contribution in [3.63, 3.8) is 0 Å². The van der Waals surface area contributed by atoms with E-state index < -0.39 is 30.6 Å². The highest BCUT2D eigenvalue weighted by Crippen LogP contribution is 1.89. The highest BCUT2D eigenvalue weighted by molar-refractivity contribution is 6.32. The molecule has 0 heterocycles. The maximum atomic E-state index is 10.2. The average molecular weight is 206 g/mol. The van der Waals surface area contributed by atoms with Crippen molar-refractivity contribution in [1.82, 2.24) is 0 Å². The van der Waals surface area contributed by atoms with E-state index in [1.165, 1.54) is 0 Å². The van der Waals surface area contributed by atoms with E-state index in [1.807, 2.05) is 0 Å². The number of hydrogen-bond acceptors (Lipinski definition) is 5. The summed E-state index contributed by atoms with van der Waals surface area (Å²) in [4.78, 5) is 38.7. The third-order valence-corrected chi connectivity index (χ3v) is 0.879. The molecule has 0 aromatic rings. The van der Waals surface area contributed by atoms with Crippen molar-refractivity contribution in [1.29, 1.82) is 0 Å². The van der Waals surface area contributed by atoms with Crippen molar-refractivity contribution < 1.29 is 34.5 Å². The molecule has 80 valence electrons. The number of carboxylic acid groups (broad SMARTS) is 2. The fourth-order valence-corrected chi connectivity index (χ4v) is 0.327. The number of carbonyl (C=O) groups excluding carboxylic acids is 2. The van der Waals surface area contributed by atoms with E-state index in [9.17, 15) is 14.4 Å². The Balaban J connectivity index is 0. The number of Topliss-reactive ketones (excluding diaryl/α,β-unsaturated/α-hetero) is 1. The molecule has 0 aliphatic rings. The molecular weight excluding hydrogens is 196 g/mol. The van der Waals surface area contributed by atoms with Gasteiger partial charge in [-0.3, -0.25) is 9.59 Å². The number of ketones is 1. The van der Waals surface area contributed by atoms with E-state index in [2.05, 4.69) is 0 Å². The Morgan fingerprint density at radius 1 is 1.07 bits per heavy atom. The molecule has 7 heteroatoms. The number of aliphatic hydroxyl groups excluding tert-OH is 1. The summed E-state index contributed by atoms with van der Waals surface area (Å²) in [6.07, 6.45) is -0.435. The Bertz CT molecular complexity index is 220. The molecule has 0 spiro atoms. The Kier molecular flexibility index (Phi) is 9.83. The van der Waals surface area contributed by atoms with Gasteiger partial charge < -0.3 is 20.1 Å². The lowest BCUT2D eigenvalue weighted by Crippen LogP contribution is -2.13. The molecule has 0 saturated heterocycles. The van der Waals surface area contributed by atoms with Crippen LogP contribution in [0, 0.1) is 0 Å². The van der Waals surface area contributed by atoms with Crippen LogP contribution in [0.25, 0.3) is 0 Å². The summed E-state index contributed by atoms with van der Waals surface area (Å²) in [5.74, 6) is -3.82. The standard InChI is InChI=1S/C5H6O5.C2H4O2/c6-3(5(9)10)1-2-4(7)8;3-1-2-4/h1-2H2,(H,7,8)(H,9,10);1,4H,2H2. The van der Waals surface area contributed by atoms with Crippen LogP contribution in [0.2, 0.25) is 0 Å². The molecule has 0 unspecified atom stereocenters. The Morgan fingerprint density at radius 3 is 1.71 bits per heavy atom. The summed E-state index contributed by atoms with van der Waals surface area (Å²) in [6, 6.07) is 0. The minimum atomic E-state index is -1.58. The van der Waals surface area contributed by atoms with E-state index in [1.54, 1.807) is 0 Å². The lowest BCUT2D eigenvalue weighted by atomic mass is 10.2. The molecule has 14 heavy (non-hydrogen) atoms. The molecule has 3 N–H and O–H groups in total. The van der Waals surface area contributed by atoms with Crippen LogP contribution in [-0.4, -0.2) is 45.9 Å². The maximum absolute atomic E-state index is 10.2. The van der Waals surface area contributed by atoms with Crippen LogP contribution in [0.1, 0.15) is 12.8 Å². The van der Waals surface area contributed by atoms with Gasteiger partial charge in [0.1, 0.15) is 6.29 Å². The van der Waals surface area contributed by atoms with Crippen LogP contribution >= 0.6 is 0 Å². The second kappa shape index (κ2) is 9.33. The van der Waals surface area contributed by atoms with Crippen molar-refractivity contribution in [2.24, 2.45) is 0 Å². The zero-order chi connectivity index (χ0) is 11.6. The molecule has 0 rings (SSSR count). The molecule has 0 atom stereocenters. The van der Waals surface area contributed by atoms with Gasteiger partial charge in [-0.2, -0.15) is 0 Å². The molecule has 0 fully saturated rings. The van der Waals surface area contributed by atoms with E-state index in [0.29, 0.717) is 6.29 Å². The first-order valence-corrected chi connectivity index (χ1v) is 3.48. The molecule has 0 saturated carbocycles. The van der Waals surface area contributed by atoms with Crippen LogP contribution in [0.3, 0.4) is 0 Å². The first kappa shape index (κ1) is 14.7. The number of carbonyl (C=O) groups is 4. The number of carboxylic acids is 2. The normalized spacial score (nSPS) is 8.07. The fourth-order valence-electron chi connectivity index (χ4n) is 0.327. The smallest absolute Gasteiger partial charge is 0.372 e. The average Bonchev–Trinajstić information content (AvgIpc) is 2.14. The fraction of sp³-hybridized carbons (Fsp3) is 0.429. The van der Waals surface area contributed by atoms with Crippen molar-refractivity contribution in [2.45, 2.75) is 12.8 Å². The van der Waals surface area contributed by atoms with Crippen LogP contribution in [0.5, 0.6) is 0 Å². The molecule has 0 aliphatic heterocycles. The molecule has 0 aromatic heterocycles. The van der Waals surface area contributed by atoms with Gasteiger partial charge >= 0.3 is 11.9 Å². The third-order valence-electron chi connectivity index (χ3n) is 0.879. The Labute approximate surface area is 79.0 Å². The first-order chi connectivity index (χ1) is 6.45. The van der Waals surface area contributed by atoms with E-state index in [4.69, 9.17) is 20.1 Å². The monoisotopic (exact) mass is 206 g/mol.